The summed E-state index contributed by atoms with van der Waals surface area (Å²) in [6.45, 7) is 2.41. The van der Waals surface area contributed by atoms with Gasteiger partial charge in [0.05, 0.1) is 22.2 Å². The van der Waals surface area contributed by atoms with Crippen LogP contribution in [-0.4, -0.2) is 28.2 Å². The van der Waals surface area contributed by atoms with E-state index in [0.29, 0.717) is 16.7 Å². The number of fused-ring (bicyclic) bond motifs is 1. The Kier molecular flexibility index (Phi) is 4.85. The van der Waals surface area contributed by atoms with Crippen LogP contribution in [0.1, 0.15) is 24.9 Å². The predicted molar refractivity (Wildman–Crippen MR) is 108 cm³/mol. The average Bonchev–Trinajstić information content (AvgIpc) is 3.24. The number of amides is 2. The minimum absolute atomic E-state index is 0.00239. The first-order valence-corrected chi connectivity index (χ1v) is 9.92. The number of hydrogen-bond acceptors (Lipinski definition) is 4. The van der Waals surface area contributed by atoms with Crippen LogP contribution < -0.4 is 5.32 Å². The van der Waals surface area contributed by atoms with Crippen LogP contribution in [0.3, 0.4) is 0 Å². The summed E-state index contributed by atoms with van der Waals surface area (Å²) in [6.07, 6.45) is 0.222. The molecular weight excluding hydrogens is 382 g/mol. The number of anilines is 1. The van der Waals surface area contributed by atoms with Crippen LogP contribution >= 0.6 is 22.9 Å². The zero-order valence-electron chi connectivity index (χ0n) is 14.7. The van der Waals surface area contributed by atoms with Crippen LogP contribution in [0.4, 0.5) is 5.13 Å². The quantitative estimate of drug-likeness (QED) is 0.702. The fourth-order valence-electron chi connectivity index (χ4n) is 3.35. The minimum atomic E-state index is -0.376. The normalized spacial score (nSPS) is 18.1. The smallest absolute Gasteiger partial charge is 0.231 e. The van der Waals surface area contributed by atoms with Crippen LogP contribution in [0.2, 0.25) is 5.02 Å². The van der Waals surface area contributed by atoms with Gasteiger partial charge in [-0.05, 0) is 30.7 Å². The van der Waals surface area contributed by atoms with Crippen molar-refractivity contribution in [2.45, 2.75) is 19.4 Å². The van der Waals surface area contributed by atoms with Gasteiger partial charge in [-0.15, -0.1) is 0 Å². The molecule has 1 aliphatic heterocycles. The Morgan fingerprint density at radius 3 is 2.85 bits per heavy atom. The number of nitrogens with one attached hydrogen (secondary N) is 1. The molecule has 1 aliphatic rings. The van der Waals surface area contributed by atoms with Crippen molar-refractivity contribution in [3.8, 4) is 0 Å². The van der Waals surface area contributed by atoms with Gasteiger partial charge >= 0.3 is 0 Å². The monoisotopic (exact) mass is 399 g/mol. The van der Waals surface area contributed by atoms with Crippen LogP contribution in [-0.2, 0) is 9.59 Å². The number of nitrogens with zero attached hydrogens (tertiary/aromatic N) is 2. The number of benzene rings is 2. The molecule has 1 N–H and O–H groups in total. The molecule has 1 saturated heterocycles. The minimum Gasteiger partial charge on any atom is -0.335 e. The van der Waals surface area contributed by atoms with E-state index in [4.69, 9.17) is 11.6 Å². The van der Waals surface area contributed by atoms with Crippen molar-refractivity contribution >= 4 is 50.1 Å². The molecule has 2 amide bonds. The molecule has 2 unspecified atom stereocenters. The van der Waals surface area contributed by atoms with Crippen molar-refractivity contribution in [2.75, 3.05) is 11.9 Å². The topological polar surface area (TPSA) is 62.3 Å². The number of aromatic nitrogens is 1. The first kappa shape index (κ1) is 17.9. The molecule has 138 valence electrons. The van der Waals surface area contributed by atoms with Gasteiger partial charge in [-0.1, -0.05) is 53.3 Å². The van der Waals surface area contributed by atoms with Crippen LogP contribution in [0.15, 0.2) is 48.5 Å². The van der Waals surface area contributed by atoms with E-state index >= 15 is 0 Å². The van der Waals surface area contributed by atoms with Crippen LogP contribution in [0, 0.1) is 5.92 Å². The third-order valence-corrected chi connectivity index (χ3v) is 6.03. The second-order valence-corrected chi connectivity index (χ2v) is 8.12. The Labute approximate surface area is 166 Å². The second kappa shape index (κ2) is 7.29. The largest absolute Gasteiger partial charge is 0.335 e. The molecule has 1 fully saturated rings. The summed E-state index contributed by atoms with van der Waals surface area (Å²) < 4.78 is 0.916. The van der Waals surface area contributed by atoms with Gasteiger partial charge in [0.1, 0.15) is 0 Å². The number of rotatable bonds is 4. The first-order chi connectivity index (χ1) is 13.0. The van der Waals surface area contributed by atoms with E-state index in [2.05, 4.69) is 10.3 Å². The Balaban J connectivity index is 1.45. The predicted octanol–water partition coefficient (Wildman–Crippen LogP) is 4.50. The summed E-state index contributed by atoms with van der Waals surface area (Å²) in [7, 11) is 0. The Hall–Kier alpha value is -2.44. The highest BCUT2D eigenvalue weighted by Crippen LogP contribution is 2.31. The zero-order valence-corrected chi connectivity index (χ0v) is 16.3. The van der Waals surface area contributed by atoms with E-state index in [0.717, 1.165) is 15.8 Å². The van der Waals surface area contributed by atoms with Gasteiger partial charge in [-0.2, -0.15) is 0 Å². The number of halogens is 1. The van der Waals surface area contributed by atoms with Crippen molar-refractivity contribution in [1.82, 2.24) is 9.88 Å². The number of thiazole rings is 1. The molecule has 0 radical (unpaired) electrons. The Bertz CT molecular complexity index is 1000. The van der Waals surface area contributed by atoms with E-state index in [1.807, 2.05) is 49.4 Å². The molecule has 0 aliphatic carbocycles. The number of likely N-dealkylation sites (tertiary alicyclic amines) is 1. The summed E-state index contributed by atoms with van der Waals surface area (Å²) in [5, 5.41) is 4.02. The first-order valence-electron chi connectivity index (χ1n) is 8.72. The lowest BCUT2D eigenvalue weighted by atomic mass is 10.1. The van der Waals surface area contributed by atoms with Gasteiger partial charge in [0.15, 0.2) is 5.13 Å². The lowest BCUT2D eigenvalue weighted by molar-refractivity contribution is -0.129. The summed E-state index contributed by atoms with van der Waals surface area (Å²) in [6, 6.07) is 15.2. The van der Waals surface area contributed by atoms with Crippen molar-refractivity contribution in [3.63, 3.8) is 0 Å². The van der Waals surface area contributed by atoms with Gasteiger partial charge in [-0.25, -0.2) is 4.98 Å². The molecule has 5 nitrogen and oxygen atoms in total. The molecule has 27 heavy (non-hydrogen) atoms. The van der Waals surface area contributed by atoms with Gasteiger partial charge < -0.3 is 10.2 Å². The Morgan fingerprint density at radius 1 is 1.30 bits per heavy atom. The van der Waals surface area contributed by atoms with E-state index in [-0.39, 0.29) is 30.2 Å². The van der Waals surface area contributed by atoms with Gasteiger partial charge in [-0.3, -0.25) is 9.59 Å². The highest BCUT2D eigenvalue weighted by Gasteiger charge is 2.37. The van der Waals surface area contributed by atoms with Gasteiger partial charge in [0.25, 0.3) is 0 Å². The molecule has 3 aromatic rings. The second-order valence-electron chi connectivity index (χ2n) is 6.65. The van der Waals surface area contributed by atoms with E-state index < -0.39 is 0 Å². The standard InChI is InChI=1S/C20H18ClN3O2S/c1-12(13-5-3-2-4-6-13)24-11-14(9-18(24)25)19(26)23-20-22-16-8-7-15(21)10-17(16)27-20/h2-8,10,12,14H,9,11H2,1H3,(H,22,23,26). The average molecular weight is 400 g/mol. The summed E-state index contributed by atoms with van der Waals surface area (Å²) >= 11 is 7.38. The molecule has 0 bridgehead atoms. The molecule has 7 heteroatoms. The van der Waals surface area contributed by atoms with E-state index in [9.17, 15) is 9.59 Å². The van der Waals surface area contributed by atoms with Crippen LogP contribution in [0.5, 0.6) is 0 Å². The van der Waals surface area contributed by atoms with Gasteiger partial charge in [0.2, 0.25) is 11.8 Å². The maximum Gasteiger partial charge on any atom is 0.231 e. The highest BCUT2D eigenvalue weighted by molar-refractivity contribution is 7.22. The molecule has 0 saturated carbocycles. The molecular formula is C20H18ClN3O2S. The maximum absolute atomic E-state index is 12.7. The SMILES string of the molecule is CC(c1ccccc1)N1CC(C(=O)Nc2nc3ccc(Cl)cc3s2)CC1=O. The summed E-state index contributed by atoms with van der Waals surface area (Å²) in [4.78, 5) is 31.3. The maximum atomic E-state index is 12.7. The number of carbonyl (C=O) groups is 2. The zero-order chi connectivity index (χ0) is 19.0. The molecule has 2 aromatic carbocycles. The van der Waals surface area contributed by atoms with Crippen molar-refractivity contribution in [3.05, 3.63) is 59.1 Å². The van der Waals surface area contributed by atoms with Crippen molar-refractivity contribution in [2.24, 2.45) is 5.92 Å². The van der Waals surface area contributed by atoms with Crippen LogP contribution in [0.25, 0.3) is 10.2 Å². The third kappa shape index (κ3) is 3.68. The third-order valence-electron chi connectivity index (χ3n) is 4.86. The van der Waals surface area contributed by atoms with Crippen molar-refractivity contribution < 1.29 is 9.59 Å². The fourth-order valence-corrected chi connectivity index (χ4v) is 4.50. The van der Waals surface area contributed by atoms with E-state index in [1.54, 1.807) is 11.0 Å². The lowest BCUT2D eigenvalue weighted by Gasteiger charge is -2.25. The van der Waals surface area contributed by atoms with Crippen molar-refractivity contribution in [1.29, 1.82) is 0 Å². The van der Waals surface area contributed by atoms with E-state index in [1.165, 1.54) is 11.3 Å². The lowest BCUT2D eigenvalue weighted by Crippen LogP contribution is -2.30. The number of hydrogen-bond donors (Lipinski definition) is 1. The molecule has 2 atom stereocenters. The molecule has 1 aromatic heterocycles. The number of carbonyl (C=O) groups excluding carboxylic acids is 2. The summed E-state index contributed by atoms with van der Waals surface area (Å²) in [5.41, 5.74) is 1.86. The summed E-state index contributed by atoms with van der Waals surface area (Å²) in [5.74, 6) is -0.543. The van der Waals surface area contributed by atoms with Gasteiger partial charge in [0, 0.05) is 18.0 Å². The highest BCUT2D eigenvalue weighted by atomic mass is 35.5. The molecule has 4 rings (SSSR count). The Morgan fingerprint density at radius 2 is 2.07 bits per heavy atom. The fraction of sp³-hybridized carbons (Fsp3) is 0.250. The molecule has 0 spiro atoms. The molecule has 2 heterocycles.